The van der Waals surface area contributed by atoms with Gasteiger partial charge < -0.3 is 10.5 Å². The molecule has 0 spiro atoms. The molecular formula is C14H24N2O3S. The number of aryl methyl sites for hydroxylation is 1. The molecule has 0 unspecified atom stereocenters. The second kappa shape index (κ2) is 6.56. The van der Waals surface area contributed by atoms with Crippen LogP contribution in [0.2, 0.25) is 0 Å². The normalized spacial score (nSPS) is 12.4. The van der Waals surface area contributed by atoms with E-state index in [1.807, 2.05) is 20.8 Å². The second-order valence-corrected chi connectivity index (χ2v) is 6.61. The lowest BCUT2D eigenvalue weighted by atomic mass is 9.95. The van der Waals surface area contributed by atoms with E-state index in [4.69, 9.17) is 10.5 Å². The zero-order valence-electron chi connectivity index (χ0n) is 12.6. The summed E-state index contributed by atoms with van der Waals surface area (Å²) in [6, 6.07) is 4.81. The van der Waals surface area contributed by atoms with Crippen molar-refractivity contribution in [1.29, 1.82) is 0 Å². The molecule has 0 fully saturated rings. The Balaban J connectivity index is 3.14. The maximum atomic E-state index is 12.5. The zero-order chi connectivity index (χ0) is 15.4. The molecule has 3 N–H and O–H groups in total. The molecule has 0 heterocycles. The monoisotopic (exact) mass is 300 g/mol. The number of methoxy groups -OCH3 is 1. The second-order valence-electron chi connectivity index (χ2n) is 4.93. The van der Waals surface area contributed by atoms with Crippen LogP contribution in [0.3, 0.4) is 0 Å². The van der Waals surface area contributed by atoms with Crippen LogP contribution in [0.25, 0.3) is 0 Å². The van der Waals surface area contributed by atoms with Crippen LogP contribution in [0, 0.1) is 6.92 Å². The number of ether oxygens (including phenoxy) is 1. The van der Waals surface area contributed by atoms with E-state index in [2.05, 4.69) is 4.72 Å². The first-order chi connectivity index (χ1) is 9.34. The molecule has 6 heteroatoms. The van der Waals surface area contributed by atoms with Crippen LogP contribution < -0.4 is 15.2 Å². The largest absolute Gasteiger partial charge is 0.496 e. The van der Waals surface area contributed by atoms with Crippen LogP contribution in [0.15, 0.2) is 23.1 Å². The van der Waals surface area contributed by atoms with Gasteiger partial charge >= 0.3 is 0 Å². The number of hydrogen-bond acceptors (Lipinski definition) is 4. The first-order valence-electron chi connectivity index (χ1n) is 6.73. The highest BCUT2D eigenvalue weighted by atomic mass is 32.2. The number of nitrogens with one attached hydrogen (secondary N) is 1. The summed E-state index contributed by atoms with van der Waals surface area (Å²) in [5, 5.41) is 0. The number of benzene rings is 1. The fourth-order valence-corrected chi connectivity index (χ4v) is 3.73. The molecule has 0 atom stereocenters. The minimum Gasteiger partial charge on any atom is -0.496 e. The van der Waals surface area contributed by atoms with Crippen LogP contribution in [-0.2, 0) is 10.0 Å². The lowest BCUT2D eigenvalue weighted by Gasteiger charge is -2.31. The van der Waals surface area contributed by atoms with Crippen LogP contribution in [-0.4, -0.2) is 27.6 Å². The topological polar surface area (TPSA) is 81.4 Å². The molecular weight excluding hydrogens is 276 g/mol. The predicted octanol–water partition coefficient (Wildman–Crippen LogP) is 1.80. The van der Waals surface area contributed by atoms with Gasteiger partial charge in [-0.3, -0.25) is 0 Å². The van der Waals surface area contributed by atoms with E-state index < -0.39 is 15.6 Å². The smallest absolute Gasteiger partial charge is 0.241 e. The molecule has 1 aromatic rings. The Bertz CT molecular complexity index is 543. The van der Waals surface area contributed by atoms with Gasteiger partial charge in [0, 0.05) is 12.1 Å². The SMILES string of the molecule is CCC(CC)(CN)NS(=O)(=O)c1ccc(OC)c(C)c1. The number of nitrogens with two attached hydrogens (primary N) is 1. The molecule has 0 aliphatic rings. The van der Waals surface area contributed by atoms with E-state index in [-0.39, 0.29) is 11.4 Å². The van der Waals surface area contributed by atoms with Gasteiger partial charge in [-0.05, 0) is 43.5 Å². The van der Waals surface area contributed by atoms with Crippen molar-refractivity contribution >= 4 is 10.0 Å². The van der Waals surface area contributed by atoms with E-state index in [1.165, 1.54) is 0 Å². The molecule has 0 saturated heterocycles. The van der Waals surface area contributed by atoms with Crippen LogP contribution in [0.1, 0.15) is 32.3 Å². The average molecular weight is 300 g/mol. The molecule has 0 saturated carbocycles. The summed E-state index contributed by atoms with van der Waals surface area (Å²) in [5.74, 6) is 0.667. The third kappa shape index (κ3) is 3.50. The lowest BCUT2D eigenvalue weighted by Crippen LogP contribution is -2.52. The number of sulfonamides is 1. The molecule has 114 valence electrons. The Morgan fingerprint density at radius 3 is 2.30 bits per heavy atom. The minimum atomic E-state index is -3.59. The number of rotatable bonds is 7. The Hall–Kier alpha value is -1.11. The maximum absolute atomic E-state index is 12.5. The number of hydrogen-bond donors (Lipinski definition) is 2. The first kappa shape index (κ1) is 16.9. The molecule has 0 radical (unpaired) electrons. The zero-order valence-corrected chi connectivity index (χ0v) is 13.4. The van der Waals surface area contributed by atoms with Crippen molar-refractivity contribution in [2.75, 3.05) is 13.7 Å². The van der Waals surface area contributed by atoms with E-state index in [0.717, 1.165) is 5.56 Å². The van der Waals surface area contributed by atoms with E-state index in [1.54, 1.807) is 25.3 Å². The standard InChI is InChI=1S/C14H24N2O3S/c1-5-14(6-2,10-15)16-20(17,18)12-7-8-13(19-4)11(3)9-12/h7-9,16H,5-6,10,15H2,1-4H3. The van der Waals surface area contributed by atoms with Crippen LogP contribution in [0.4, 0.5) is 0 Å². The van der Waals surface area contributed by atoms with Crippen molar-refractivity contribution in [3.8, 4) is 5.75 Å². The molecule has 0 amide bonds. The first-order valence-corrected chi connectivity index (χ1v) is 8.21. The summed E-state index contributed by atoms with van der Waals surface area (Å²) in [6.07, 6.45) is 1.29. The summed E-state index contributed by atoms with van der Waals surface area (Å²) in [6.45, 7) is 5.94. The van der Waals surface area contributed by atoms with Gasteiger partial charge in [-0.2, -0.15) is 0 Å². The summed E-state index contributed by atoms with van der Waals surface area (Å²) < 4.78 is 32.8. The third-order valence-corrected chi connectivity index (χ3v) is 5.35. The van der Waals surface area contributed by atoms with Crippen LogP contribution in [0.5, 0.6) is 5.75 Å². The van der Waals surface area contributed by atoms with Gasteiger partial charge in [0.15, 0.2) is 0 Å². The Morgan fingerprint density at radius 2 is 1.90 bits per heavy atom. The average Bonchev–Trinajstić information content (AvgIpc) is 2.44. The van der Waals surface area contributed by atoms with E-state index >= 15 is 0 Å². The van der Waals surface area contributed by atoms with Crippen molar-refractivity contribution in [2.24, 2.45) is 5.73 Å². The van der Waals surface area contributed by atoms with Crippen molar-refractivity contribution in [3.63, 3.8) is 0 Å². The minimum absolute atomic E-state index is 0.232. The summed E-state index contributed by atoms with van der Waals surface area (Å²) in [5.41, 5.74) is 5.93. The summed E-state index contributed by atoms with van der Waals surface area (Å²) >= 11 is 0. The molecule has 0 aromatic heterocycles. The van der Waals surface area contributed by atoms with Gasteiger partial charge in [0.1, 0.15) is 5.75 Å². The van der Waals surface area contributed by atoms with Gasteiger partial charge in [-0.25, -0.2) is 13.1 Å². The lowest BCUT2D eigenvalue weighted by molar-refractivity contribution is 0.363. The molecule has 1 aromatic carbocycles. The molecule has 1 rings (SSSR count). The van der Waals surface area contributed by atoms with Crippen molar-refractivity contribution in [2.45, 2.75) is 44.0 Å². The fraction of sp³-hybridized carbons (Fsp3) is 0.571. The molecule has 20 heavy (non-hydrogen) atoms. The maximum Gasteiger partial charge on any atom is 0.241 e. The highest BCUT2D eigenvalue weighted by Gasteiger charge is 2.30. The Labute approximate surface area is 121 Å². The van der Waals surface area contributed by atoms with Gasteiger partial charge in [-0.1, -0.05) is 13.8 Å². The van der Waals surface area contributed by atoms with Crippen molar-refractivity contribution < 1.29 is 13.2 Å². The Kier molecular flexibility index (Phi) is 5.56. The van der Waals surface area contributed by atoms with E-state index in [9.17, 15) is 8.42 Å². The van der Waals surface area contributed by atoms with E-state index in [0.29, 0.717) is 18.6 Å². The molecule has 0 bridgehead atoms. The van der Waals surface area contributed by atoms with Crippen molar-refractivity contribution in [3.05, 3.63) is 23.8 Å². The van der Waals surface area contributed by atoms with Gasteiger partial charge in [-0.15, -0.1) is 0 Å². The van der Waals surface area contributed by atoms with Gasteiger partial charge in [0.2, 0.25) is 10.0 Å². The fourth-order valence-electron chi connectivity index (χ4n) is 2.09. The molecule has 5 nitrogen and oxygen atoms in total. The Morgan fingerprint density at radius 1 is 1.30 bits per heavy atom. The quantitative estimate of drug-likeness (QED) is 0.804. The highest BCUT2D eigenvalue weighted by Crippen LogP contribution is 2.23. The third-order valence-electron chi connectivity index (χ3n) is 3.77. The predicted molar refractivity (Wildman–Crippen MR) is 80.4 cm³/mol. The molecule has 0 aliphatic carbocycles. The van der Waals surface area contributed by atoms with Crippen LogP contribution >= 0.6 is 0 Å². The summed E-state index contributed by atoms with van der Waals surface area (Å²) in [4.78, 5) is 0.232. The van der Waals surface area contributed by atoms with Gasteiger partial charge in [0.05, 0.1) is 12.0 Å². The summed E-state index contributed by atoms with van der Waals surface area (Å²) in [7, 11) is -2.03. The van der Waals surface area contributed by atoms with Crippen molar-refractivity contribution in [1.82, 2.24) is 4.72 Å². The van der Waals surface area contributed by atoms with Gasteiger partial charge in [0.25, 0.3) is 0 Å². The molecule has 0 aliphatic heterocycles. The highest BCUT2D eigenvalue weighted by molar-refractivity contribution is 7.89.